The Morgan fingerprint density at radius 1 is 0.892 bits per heavy atom. The summed E-state index contributed by atoms with van der Waals surface area (Å²) in [6, 6.07) is 16.2. The van der Waals surface area contributed by atoms with Gasteiger partial charge in [0.25, 0.3) is 11.8 Å². The lowest BCUT2D eigenvalue weighted by molar-refractivity contribution is -0.185. The van der Waals surface area contributed by atoms with E-state index in [0.29, 0.717) is 17.1 Å². The Morgan fingerprint density at radius 3 is 2.00 bits per heavy atom. The summed E-state index contributed by atoms with van der Waals surface area (Å²) in [4.78, 5) is 49.8. The van der Waals surface area contributed by atoms with E-state index in [-0.39, 0.29) is 32.1 Å². The van der Waals surface area contributed by atoms with Crippen molar-refractivity contribution in [3.05, 3.63) is 71.9 Å². The Bertz CT molecular complexity index is 1130. The van der Waals surface area contributed by atoms with Crippen LogP contribution in [0.1, 0.15) is 13.8 Å². The number of ether oxygens (including phenoxy) is 4. The topological polar surface area (TPSA) is 141 Å². The number of hydrogen-bond donors (Lipinski definition) is 2. The molecule has 0 bridgehead atoms. The summed E-state index contributed by atoms with van der Waals surface area (Å²) in [6.07, 6.45) is -1.12. The number of β-lactam (4-membered cyclic amide) rings is 1. The zero-order valence-electron chi connectivity index (χ0n) is 20.4. The van der Waals surface area contributed by atoms with Crippen molar-refractivity contribution in [3.63, 3.8) is 0 Å². The van der Waals surface area contributed by atoms with Gasteiger partial charge in [-0.3, -0.25) is 14.5 Å². The van der Waals surface area contributed by atoms with Crippen molar-refractivity contribution in [1.29, 1.82) is 0 Å². The molecular weight excluding hydrogens is 484 g/mol. The second-order valence-electron chi connectivity index (χ2n) is 8.09. The first-order chi connectivity index (χ1) is 17.8. The number of rotatable bonds is 13. The Hall–Kier alpha value is -4.38. The van der Waals surface area contributed by atoms with Gasteiger partial charge in [0.2, 0.25) is 0 Å². The fraction of sp³-hybridized carbons (Fsp3) is 0.308. The Kier molecular flexibility index (Phi) is 9.61. The highest BCUT2D eigenvalue weighted by Gasteiger charge is 2.52. The molecule has 11 nitrogen and oxygen atoms in total. The molecular formula is C26H28N2O9. The van der Waals surface area contributed by atoms with Gasteiger partial charge in [0.15, 0.2) is 25.5 Å². The zero-order valence-corrected chi connectivity index (χ0v) is 20.4. The molecule has 11 heteroatoms. The Balaban J connectivity index is 1.55. The van der Waals surface area contributed by atoms with Crippen LogP contribution in [0.5, 0.6) is 11.5 Å². The van der Waals surface area contributed by atoms with E-state index in [1.54, 1.807) is 68.4 Å². The molecule has 0 spiro atoms. The molecule has 1 aliphatic heterocycles. The first-order valence-electron chi connectivity index (χ1n) is 11.4. The zero-order chi connectivity index (χ0) is 26.8. The number of carbonyl (C=O) groups excluding carboxylic acids is 3. The van der Waals surface area contributed by atoms with Gasteiger partial charge in [-0.05, 0) is 43.7 Å². The molecule has 2 aromatic carbocycles. The van der Waals surface area contributed by atoms with Gasteiger partial charge in [-0.25, -0.2) is 9.59 Å². The maximum atomic E-state index is 12.8. The molecule has 1 saturated heterocycles. The van der Waals surface area contributed by atoms with Crippen molar-refractivity contribution in [2.75, 3.05) is 26.4 Å². The number of carbonyl (C=O) groups is 4. The monoisotopic (exact) mass is 512 g/mol. The molecule has 2 atom stereocenters. The summed E-state index contributed by atoms with van der Waals surface area (Å²) in [6.45, 7) is 2.09. The van der Waals surface area contributed by atoms with Crippen LogP contribution in [-0.2, 0) is 28.7 Å². The maximum absolute atomic E-state index is 12.8. The number of esters is 1. The Morgan fingerprint density at radius 2 is 1.46 bits per heavy atom. The highest BCUT2D eigenvalue weighted by Crippen LogP contribution is 2.28. The molecule has 1 heterocycles. The maximum Gasteiger partial charge on any atom is 0.352 e. The summed E-state index contributed by atoms with van der Waals surface area (Å²) in [7, 11) is 0. The highest BCUT2D eigenvalue weighted by atomic mass is 16.6. The molecule has 2 aromatic rings. The number of nitrogens with one attached hydrogen (secondary N) is 1. The summed E-state index contributed by atoms with van der Waals surface area (Å²) in [5.74, 6) is -2.20. The Labute approximate surface area is 213 Å². The molecule has 2 N–H and O–H groups in total. The second kappa shape index (κ2) is 13.1. The van der Waals surface area contributed by atoms with Crippen molar-refractivity contribution in [2.45, 2.75) is 26.1 Å². The van der Waals surface area contributed by atoms with Crippen molar-refractivity contribution in [1.82, 2.24) is 10.2 Å². The average Bonchev–Trinajstić information content (AvgIpc) is 2.89. The normalized spacial score (nSPS) is 16.3. The van der Waals surface area contributed by atoms with E-state index >= 15 is 0 Å². The third kappa shape index (κ3) is 7.55. The number of nitrogens with zero attached hydrogens (tertiary/aromatic N) is 1. The molecule has 196 valence electrons. The van der Waals surface area contributed by atoms with Gasteiger partial charge < -0.3 is 29.4 Å². The van der Waals surface area contributed by atoms with E-state index in [1.807, 2.05) is 6.07 Å². The van der Waals surface area contributed by atoms with Gasteiger partial charge >= 0.3 is 11.9 Å². The van der Waals surface area contributed by atoms with E-state index < -0.39 is 36.0 Å². The number of amides is 2. The number of allylic oxidation sites excluding steroid dienone is 1. The molecule has 2 amide bonds. The van der Waals surface area contributed by atoms with Crippen molar-refractivity contribution in [3.8, 4) is 11.5 Å². The van der Waals surface area contributed by atoms with Crippen LogP contribution in [0, 0.1) is 0 Å². The van der Waals surface area contributed by atoms with E-state index in [0.717, 1.165) is 4.90 Å². The van der Waals surface area contributed by atoms with Crippen LogP contribution in [0.15, 0.2) is 71.9 Å². The predicted molar refractivity (Wildman–Crippen MR) is 129 cm³/mol. The molecule has 1 fully saturated rings. The van der Waals surface area contributed by atoms with Crippen LogP contribution in [0.4, 0.5) is 0 Å². The lowest BCUT2D eigenvalue weighted by atomic mass is 10.0. The number of likely N-dealkylation sites (tertiary alicyclic amines) is 1. The average molecular weight is 513 g/mol. The van der Waals surface area contributed by atoms with Gasteiger partial charge in [0.05, 0.1) is 6.61 Å². The standard InChI is InChI=1S/C26H28N2O9/c1-17(2)23(26(32)33)28-24(31)22(27-20(29)15-36-18-9-5-3-6-10-18)25(28)35-14-13-34-21(30)16-37-19-11-7-4-8-12-19/h3-12,22,25H,13-16H2,1-2H3,(H,27,29)(H,32,33)/t22-,25+/m0/s1. The van der Waals surface area contributed by atoms with Crippen LogP contribution < -0.4 is 14.8 Å². The first-order valence-corrected chi connectivity index (χ1v) is 11.4. The van der Waals surface area contributed by atoms with Gasteiger partial charge in [0, 0.05) is 0 Å². The summed E-state index contributed by atoms with van der Waals surface area (Å²) in [5, 5.41) is 12.1. The largest absolute Gasteiger partial charge is 0.484 e. The molecule has 0 saturated carbocycles. The third-order valence-corrected chi connectivity index (χ3v) is 5.12. The number of benzene rings is 2. The molecule has 3 rings (SSSR count). The molecule has 37 heavy (non-hydrogen) atoms. The summed E-state index contributed by atoms with van der Waals surface area (Å²) >= 11 is 0. The number of carboxylic acid groups (broad SMARTS) is 1. The van der Waals surface area contributed by atoms with Crippen LogP contribution in [0.3, 0.4) is 0 Å². The molecule has 0 unspecified atom stereocenters. The van der Waals surface area contributed by atoms with Crippen LogP contribution in [-0.4, -0.2) is 72.5 Å². The quantitative estimate of drug-likeness (QED) is 0.178. The predicted octanol–water partition coefficient (Wildman–Crippen LogP) is 1.74. The van der Waals surface area contributed by atoms with Gasteiger partial charge in [-0.1, -0.05) is 36.4 Å². The van der Waals surface area contributed by atoms with Crippen LogP contribution in [0.25, 0.3) is 0 Å². The number of para-hydroxylation sites is 2. The third-order valence-electron chi connectivity index (χ3n) is 5.12. The minimum Gasteiger partial charge on any atom is -0.484 e. The second-order valence-corrected chi connectivity index (χ2v) is 8.09. The van der Waals surface area contributed by atoms with E-state index in [2.05, 4.69) is 5.32 Å². The van der Waals surface area contributed by atoms with Gasteiger partial charge in [-0.15, -0.1) is 0 Å². The van der Waals surface area contributed by atoms with Gasteiger partial charge in [-0.2, -0.15) is 0 Å². The molecule has 1 aliphatic rings. The number of hydrogen-bond acceptors (Lipinski definition) is 8. The fourth-order valence-electron chi connectivity index (χ4n) is 3.47. The number of carboxylic acids is 1. The summed E-state index contributed by atoms with van der Waals surface area (Å²) in [5.41, 5.74) is 0.116. The van der Waals surface area contributed by atoms with E-state index in [4.69, 9.17) is 18.9 Å². The van der Waals surface area contributed by atoms with Crippen LogP contribution in [0.2, 0.25) is 0 Å². The van der Waals surface area contributed by atoms with Gasteiger partial charge in [0.1, 0.15) is 23.8 Å². The minimum atomic E-state index is -1.32. The lowest BCUT2D eigenvalue weighted by Crippen LogP contribution is -2.72. The highest BCUT2D eigenvalue weighted by molar-refractivity contribution is 6.00. The molecule has 0 aromatic heterocycles. The SMILES string of the molecule is CC(C)=C(C(=O)O)N1C(=O)[C@H](NC(=O)COc2ccccc2)[C@H]1OCCOC(=O)COc1ccccc1. The summed E-state index contributed by atoms with van der Waals surface area (Å²) < 4.78 is 21.4. The lowest BCUT2D eigenvalue weighted by Gasteiger charge is -2.46. The number of aliphatic carboxylic acids is 1. The van der Waals surface area contributed by atoms with Crippen molar-refractivity contribution < 1.29 is 43.2 Å². The molecule has 0 aliphatic carbocycles. The smallest absolute Gasteiger partial charge is 0.352 e. The first kappa shape index (κ1) is 27.2. The van der Waals surface area contributed by atoms with E-state index in [1.165, 1.54) is 0 Å². The van der Waals surface area contributed by atoms with Crippen molar-refractivity contribution >= 4 is 23.8 Å². The minimum absolute atomic E-state index is 0.159. The molecule has 0 radical (unpaired) electrons. The van der Waals surface area contributed by atoms with E-state index in [9.17, 15) is 24.3 Å². The van der Waals surface area contributed by atoms with Crippen LogP contribution >= 0.6 is 0 Å². The fourth-order valence-corrected chi connectivity index (χ4v) is 3.47. The van der Waals surface area contributed by atoms with Crippen molar-refractivity contribution in [2.24, 2.45) is 0 Å².